The van der Waals surface area contributed by atoms with Gasteiger partial charge >= 0.3 is 5.97 Å². The Morgan fingerprint density at radius 2 is 1.96 bits per heavy atom. The summed E-state index contributed by atoms with van der Waals surface area (Å²) in [5.74, 6) is -0.701. The molecule has 3 aromatic rings. The number of ether oxygens (including phenoxy) is 1. The lowest BCUT2D eigenvalue weighted by molar-refractivity contribution is -0.116. The van der Waals surface area contributed by atoms with Gasteiger partial charge in [0.05, 0.1) is 6.61 Å². The molecule has 2 N–H and O–H groups in total. The van der Waals surface area contributed by atoms with Gasteiger partial charge in [0.25, 0.3) is 0 Å². The molecule has 0 saturated heterocycles. The summed E-state index contributed by atoms with van der Waals surface area (Å²) in [6.07, 6.45) is 3.79. The van der Waals surface area contributed by atoms with Crippen molar-refractivity contribution in [3.05, 3.63) is 76.5 Å². The van der Waals surface area contributed by atoms with Gasteiger partial charge in [-0.3, -0.25) is 4.79 Å². The van der Waals surface area contributed by atoms with Crippen LogP contribution in [0.2, 0.25) is 5.02 Å². The third-order valence-corrected chi connectivity index (χ3v) is 4.47. The first kappa shape index (κ1) is 19.7. The van der Waals surface area contributed by atoms with Crippen molar-refractivity contribution < 1.29 is 14.3 Å². The Kier molecular flexibility index (Phi) is 6.50. The molecule has 0 fully saturated rings. The van der Waals surface area contributed by atoms with Crippen molar-refractivity contribution in [2.24, 2.45) is 0 Å². The molecule has 144 valence electrons. The summed E-state index contributed by atoms with van der Waals surface area (Å²) in [6.45, 7) is 2.53. The smallest absolute Gasteiger partial charge is 0.355 e. The van der Waals surface area contributed by atoms with Crippen molar-refractivity contribution in [1.82, 2.24) is 10.3 Å². The largest absolute Gasteiger partial charge is 0.461 e. The van der Waals surface area contributed by atoms with E-state index in [2.05, 4.69) is 10.3 Å². The number of rotatable bonds is 7. The highest BCUT2D eigenvalue weighted by atomic mass is 35.5. The zero-order valence-electron chi connectivity index (χ0n) is 15.5. The van der Waals surface area contributed by atoms with E-state index in [1.165, 1.54) is 6.08 Å². The number of aromatic amines is 1. The van der Waals surface area contributed by atoms with Crippen LogP contribution < -0.4 is 5.32 Å². The van der Waals surface area contributed by atoms with Crippen LogP contribution in [0.15, 0.2) is 54.6 Å². The number of halogens is 1. The molecule has 3 rings (SSSR count). The number of amides is 1. The molecule has 1 heterocycles. The summed E-state index contributed by atoms with van der Waals surface area (Å²) in [7, 11) is 0. The molecule has 0 unspecified atom stereocenters. The summed E-state index contributed by atoms with van der Waals surface area (Å²) in [5.41, 5.74) is 2.76. The molecule has 0 aliphatic heterocycles. The van der Waals surface area contributed by atoms with Crippen LogP contribution in [0.4, 0.5) is 0 Å². The van der Waals surface area contributed by atoms with Crippen LogP contribution >= 0.6 is 11.6 Å². The number of nitrogens with one attached hydrogen (secondary N) is 2. The van der Waals surface area contributed by atoms with E-state index in [-0.39, 0.29) is 12.5 Å². The number of carbonyl (C=O) groups is 2. The molecular weight excluding hydrogens is 376 g/mol. The predicted octanol–water partition coefficient (Wildman–Crippen LogP) is 4.37. The average Bonchev–Trinajstić information content (AvgIpc) is 3.05. The Bertz CT molecular complexity index is 1010. The molecule has 1 aromatic heterocycles. The lowest BCUT2D eigenvalue weighted by atomic mass is 10.1. The molecule has 5 nitrogen and oxygen atoms in total. The Hall–Kier alpha value is -3.05. The molecule has 0 bridgehead atoms. The number of aromatic nitrogens is 1. The fourth-order valence-corrected chi connectivity index (χ4v) is 3.09. The standard InChI is InChI=1S/C22H21ClN2O3/c1-2-28-22(27)21-18(17-9-8-16(23)14-19(17)25-21)10-11-20(26)24-13-12-15-6-4-3-5-7-15/h3-11,14,25H,2,12-13H2,1H3,(H,24,26)/b11-10+. The van der Waals surface area contributed by atoms with Crippen molar-refractivity contribution in [1.29, 1.82) is 0 Å². The van der Waals surface area contributed by atoms with E-state index in [4.69, 9.17) is 16.3 Å². The van der Waals surface area contributed by atoms with E-state index in [9.17, 15) is 9.59 Å². The van der Waals surface area contributed by atoms with E-state index >= 15 is 0 Å². The van der Waals surface area contributed by atoms with Crippen LogP contribution in [0.3, 0.4) is 0 Å². The lowest BCUT2D eigenvalue weighted by Crippen LogP contribution is -2.23. The van der Waals surface area contributed by atoms with Crippen LogP contribution in [0.1, 0.15) is 28.5 Å². The number of hydrogen-bond acceptors (Lipinski definition) is 3. The summed E-state index contributed by atoms with van der Waals surface area (Å²) < 4.78 is 5.11. The van der Waals surface area contributed by atoms with Crippen LogP contribution in [-0.2, 0) is 16.0 Å². The SMILES string of the molecule is CCOC(=O)c1[nH]c2cc(Cl)ccc2c1/C=C/C(=O)NCCc1ccccc1. The minimum atomic E-state index is -0.473. The summed E-state index contributed by atoms with van der Waals surface area (Å²) in [5, 5.41) is 4.20. The second-order valence-electron chi connectivity index (χ2n) is 6.18. The maximum atomic E-state index is 12.3. The van der Waals surface area contributed by atoms with Crippen LogP contribution in [0.5, 0.6) is 0 Å². The fraction of sp³-hybridized carbons (Fsp3) is 0.182. The molecule has 0 saturated carbocycles. The van der Waals surface area contributed by atoms with Gasteiger partial charge in [-0.2, -0.15) is 0 Å². The highest BCUT2D eigenvalue weighted by Gasteiger charge is 2.17. The number of carbonyl (C=O) groups excluding carboxylic acids is 2. The second kappa shape index (κ2) is 9.24. The average molecular weight is 397 g/mol. The number of benzene rings is 2. The Balaban J connectivity index is 1.75. The number of H-pyrrole nitrogens is 1. The third-order valence-electron chi connectivity index (χ3n) is 4.24. The minimum absolute atomic E-state index is 0.228. The quantitative estimate of drug-likeness (QED) is 0.460. The summed E-state index contributed by atoms with van der Waals surface area (Å²) in [6, 6.07) is 15.2. The molecule has 0 aliphatic carbocycles. The molecule has 1 amide bonds. The van der Waals surface area contributed by atoms with Gasteiger partial charge in [0.15, 0.2) is 0 Å². The first-order valence-corrected chi connectivity index (χ1v) is 9.44. The van der Waals surface area contributed by atoms with Crippen molar-refractivity contribution in [3.63, 3.8) is 0 Å². The van der Waals surface area contributed by atoms with Crippen LogP contribution in [0.25, 0.3) is 17.0 Å². The lowest BCUT2D eigenvalue weighted by Gasteiger charge is -2.03. The van der Waals surface area contributed by atoms with Crippen LogP contribution in [-0.4, -0.2) is 30.0 Å². The molecule has 0 spiro atoms. The number of hydrogen-bond donors (Lipinski definition) is 2. The molecule has 28 heavy (non-hydrogen) atoms. The van der Waals surface area contributed by atoms with Gasteiger partial charge in [0.1, 0.15) is 5.69 Å². The Morgan fingerprint density at radius 1 is 1.18 bits per heavy atom. The molecule has 0 aliphatic rings. The maximum absolute atomic E-state index is 12.3. The van der Waals surface area contributed by atoms with Gasteiger partial charge in [-0.25, -0.2) is 4.79 Å². The Labute approximate surface area is 168 Å². The maximum Gasteiger partial charge on any atom is 0.355 e. The van der Waals surface area contributed by atoms with Gasteiger partial charge in [-0.1, -0.05) is 48.0 Å². The van der Waals surface area contributed by atoms with Gasteiger partial charge < -0.3 is 15.0 Å². The van der Waals surface area contributed by atoms with Gasteiger partial charge in [0.2, 0.25) is 5.91 Å². The third kappa shape index (κ3) is 4.81. The van der Waals surface area contributed by atoms with Gasteiger partial charge in [-0.15, -0.1) is 0 Å². The van der Waals surface area contributed by atoms with E-state index in [0.717, 1.165) is 17.4 Å². The minimum Gasteiger partial charge on any atom is -0.461 e. The van der Waals surface area contributed by atoms with Gasteiger partial charge in [-0.05, 0) is 37.1 Å². The van der Waals surface area contributed by atoms with Crippen molar-refractivity contribution >= 4 is 40.5 Å². The molecule has 6 heteroatoms. The molecule has 2 aromatic carbocycles. The monoisotopic (exact) mass is 396 g/mol. The van der Waals surface area contributed by atoms with Gasteiger partial charge in [0, 0.05) is 34.1 Å². The zero-order valence-corrected chi connectivity index (χ0v) is 16.3. The second-order valence-corrected chi connectivity index (χ2v) is 6.62. The predicted molar refractivity (Wildman–Crippen MR) is 111 cm³/mol. The highest BCUT2D eigenvalue weighted by molar-refractivity contribution is 6.31. The number of fused-ring (bicyclic) bond motifs is 1. The summed E-state index contributed by atoms with van der Waals surface area (Å²) in [4.78, 5) is 27.5. The van der Waals surface area contributed by atoms with E-state index in [1.807, 2.05) is 36.4 Å². The van der Waals surface area contributed by atoms with E-state index < -0.39 is 5.97 Å². The van der Waals surface area contributed by atoms with Crippen molar-refractivity contribution in [3.8, 4) is 0 Å². The summed E-state index contributed by atoms with van der Waals surface area (Å²) >= 11 is 6.04. The first-order chi connectivity index (χ1) is 13.6. The number of esters is 1. The molecule has 0 atom stereocenters. The normalized spacial score (nSPS) is 11.1. The van der Waals surface area contributed by atoms with Crippen LogP contribution in [0, 0.1) is 0 Å². The Morgan fingerprint density at radius 3 is 2.71 bits per heavy atom. The first-order valence-electron chi connectivity index (χ1n) is 9.06. The zero-order chi connectivity index (χ0) is 19.9. The van der Waals surface area contributed by atoms with E-state index in [0.29, 0.717) is 28.3 Å². The highest BCUT2D eigenvalue weighted by Crippen LogP contribution is 2.27. The molecule has 0 radical (unpaired) electrons. The van der Waals surface area contributed by atoms with Crippen molar-refractivity contribution in [2.45, 2.75) is 13.3 Å². The molecular formula is C22H21ClN2O3. The van der Waals surface area contributed by atoms with Crippen molar-refractivity contribution in [2.75, 3.05) is 13.2 Å². The fourth-order valence-electron chi connectivity index (χ4n) is 2.92. The topological polar surface area (TPSA) is 71.2 Å². The van der Waals surface area contributed by atoms with E-state index in [1.54, 1.807) is 25.1 Å².